The summed E-state index contributed by atoms with van der Waals surface area (Å²) in [6.07, 6.45) is 0.974. The van der Waals surface area contributed by atoms with Crippen molar-refractivity contribution in [2.45, 2.75) is 17.8 Å². The van der Waals surface area contributed by atoms with Crippen molar-refractivity contribution in [1.29, 1.82) is 0 Å². The zero-order valence-corrected chi connectivity index (χ0v) is 15.1. The molecule has 0 saturated carbocycles. The minimum atomic E-state index is -0.796. The van der Waals surface area contributed by atoms with Gasteiger partial charge in [-0.3, -0.25) is 10.1 Å². The summed E-state index contributed by atoms with van der Waals surface area (Å²) < 4.78 is 6.67. The van der Waals surface area contributed by atoms with Crippen molar-refractivity contribution in [1.82, 2.24) is 10.2 Å². The summed E-state index contributed by atoms with van der Waals surface area (Å²) >= 11 is 5.14. The molecule has 0 aliphatic carbocycles. The van der Waals surface area contributed by atoms with Crippen LogP contribution in [0.5, 0.6) is 5.75 Å². The highest BCUT2D eigenvalue weighted by Crippen LogP contribution is 2.36. The Labute approximate surface area is 143 Å². The maximum atomic E-state index is 11.0. The normalized spacial score (nSPS) is 21.3. The van der Waals surface area contributed by atoms with E-state index in [0.29, 0.717) is 12.4 Å². The molecule has 2 unspecified atom stereocenters. The predicted octanol–water partition coefficient (Wildman–Crippen LogP) is 2.57. The molecule has 2 atom stereocenters. The number of carboxylic acid groups (broad SMARTS) is 1. The van der Waals surface area contributed by atoms with Crippen molar-refractivity contribution in [2.24, 2.45) is 0 Å². The molecule has 0 aromatic heterocycles. The van der Waals surface area contributed by atoms with E-state index in [1.807, 2.05) is 32.3 Å². The van der Waals surface area contributed by atoms with E-state index in [2.05, 4.69) is 26.1 Å². The van der Waals surface area contributed by atoms with Crippen molar-refractivity contribution >= 4 is 33.7 Å². The lowest BCUT2D eigenvalue weighted by Gasteiger charge is -2.15. The Morgan fingerprint density at radius 3 is 2.91 bits per heavy atom. The Morgan fingerprint density at radius 2 is 2.32 bits per heavy atom. The number of thioether (sulfide) groups is 1. The lowest BCUT2D eigenvalue weighted by Crippen LogP contribution is -2.33. The summed E-state index contributed by atoms with van der Waals surface area (Å²) in [5, 5.41) is 12.2. The third kappa shape index (κ3) is 4.87. The van der Waals surface area contributed by atoms with Crippen LogP contribution in [0.3, 0.4) is 0 Å². The topological polar surface area (TPSA) is 61.8 Å². The molecular weight excluding hydrogens is 368 g/mol. The first-order valence-electron chi connectivity index (χ1n) is 7.15. The number of carbonyl (C=O) groups is 1. The van der Waals surface area contributed by atoms with E-state index in [1.54, 1.807) is 11.8 Å². The van der Waals surface area contributed by atoms with E-state index in [9.17, 15) is 4.79 Å². The summed E-state index contributed by atoms with van der Waals surface area (Å²) in [4.78, 5) is 13.1. The number of aliphatic carboxylic acids is 1. The molecule has 2 N–H and O–H groups in total. The molecule has 2 rings (SSSR count). The van der Waals surface area contributed by atoms with Crippen LogP contribution in [0, 0.1) is 0 Å². The number of hydrogen-bond acceptors (Lipinski definition) is 5. The van der Waals surface area contributed by atoms with Gasteiger partial charge in [-0.1, -0.05) is 6.07 Å². The summed E-state index contributed by atoms with van der Waals surface area (Å²) in [6, 6.07) is 5.44. The molecule has 0 radical (unpaired) electrons. The average molecular weight is 389 g/mol. The second-order valence-corrected chi connectivity index (χ2v) is 7.46. The highest BCUT2D eigenvalue weighted by Gasteiger charge is 2.30. The van der Waals surface area contributed by atoms with Crippen LogP contribution < -0.4 is 10.1 Å². The van der Waals surface area contributed by atoms with Crippen LogP contribution in [0.2, 0.25) is 0 Å². The zero-order chi connectivity index (χ0) is 16.1. The smallest absolute Gasteiger partial charge is 0.321 e. The van der Waals surface area contributed by atoms with E-state index in [1.165, 1.54) is 0 Å². The molecular formula is C15H21BrN2O3S. The van der Waals surface area contributed by atoms with Crippen LogP contribution >= 0.6 is 27.7 Å². The first-order chi connectivity index (χ1) is 10.5. The van der Waals surface area contributed by atoms with Crippen molar-refractivity contribution in [3.63, 3.8) is 0 Å². The fraction of sp³-hybridized carbons (Fsp3) is 0.533. The second kappa shape index (κ2) is 8.19. The van der Waals surface area contributed by atoms with Gasteiger partial charge in [0.2, 0.25) is 0 Å². The number of benzene rings is 1. The molecule has 1 fully saturated rings. The molecule has 0 amide bonds. The van der Waals surface area contributed by atoms with Gasteiger partial charge in [0.25, 0.3) is 0 Å². The minimum absolute atomic E-state index is 0.0141. The molecule has 1 aromatic rings. The molecule has 22 heavy (non-hydrogen) atoms. The van der Waals surface area contributed by atoms with Crippen LogP contribution in [0.15, 0.2) is 22.7 Å². The number of ether oxygens (including phenoxy) is 1. The molecule has 7 heteroatoms. The first-order valence-corrected chi connectivity index (χ1v) is 8.99. The van der Waals surface area contributed by atoms with E-state index >= 15 is 0 Å². The summed E-state index contributed by atoms with van der Waals surface area (Å²) in [5.41, 5.74) is 1.06. The van der Waals surface area contributed by atoms with Gasteiger partial charge in [-0.05, 0) is 54.1 Å². The van der Waals surface area contributed by atoms with Crippen molar-refractivity contribution in [3.8, 4) is 5.75 Å². The molecule has 5 nitrogen and oxygen atoms in total. The average Bonchev–Trinajstić information content (AvgIpc) is 2.94. The lowest BCUT2D eigenvalue weighted by atomic mass is 10.2. The number of hydrogen-bond donors (Lipinski definition) is 2. The Hall–Kier alpha value is -0.760. The van der Waals surface area contributed by atoms with E-state index < -0.39 is 12.0 Å². The van der Waals surface area contributed by atoms with Gasteiger partial charge < -0.3 is 14.7 Å². The van der Waals surface area contributed by atoms with Crippen molar-refractivity contribution < 1.29 is 14.6 Å². The van der Waals surface area contributed by atoms with Crippen LogP contribution in [0.4, 0.5) is 0 Å². The molecule has 0 bridgehead atoms. The van der Waals surface area contributed by atoms with Gasteiger partial charge in [0, 0.05) is 12.3 Å². The number of rotatable bonds is 7. The third-order valence-electron chi connectivity index (χ3n) is 3.35. The molecule has 1 saturated heterocycles. The summed E-state index contributed by atoms with van der Waals surface area (Å²) in [6.45, 7) is 1.67. The molecule has 0 spiro atoms. The van der Waals surface area contributed by atoms with Gasteiger partial charge in [-0.2, -0.15) is 0 Å². The SMILES string of the molecule is CN(C)CCCOc1ccc(C2NC(C(=O)O)CS2)cc1Br. The molecule has 1 heterocycles. The molecule has 1 aromatic carbocycles. The zero-order valence-electron chi connectivity index (χ0n) is 12.7. The van der Waals surface area contributed by atoms with Gasteiger partial charge in [0.1, 0.15) is 11.8 Å². The Morgan fingerprint density at radius 1 is 1.55 bits per heavy atom. The van der Waals surface area contributed by atoms with E-state index in [4.69, 9.17) is 9.84 Å². The van der Waals surface area contributed by atoms with Crippen LogP contribution in [-0.4, -0.2) is 55.0 Å². The number of nitrogens with one attached hydrogen (secondary N) is 1. The number of carboxylic acids is 1. The van der Waals surface area contributed by atoms with Crippen molar-refractivity contribution in [3.05, 3.63) is 28.2 Å². The highest BCUT2D eigenvalue weighted by atomic mass is 79.9. The summed E-state index contributed by atoms with van der Waals surface area (Å²) in [7, 11) is 4.09. The Balaban J connectivity index is 1.91. The third-order valence-corrected chi connectivity index (χ3v) is 5.23. The standard InChI is InChI=1S/C15H21BrN2O3S/c1-18(2)6-3-7-21-13-5-4-10(8-11(13)16)14-17-12(9-22-14)15(19)20/h4-5,8,12,14,17H,3,6-7,9H2,1-2H3,(H,19,20). The maximum absolute atomic E-state index is 11.0. The molecule has 1 aliphatic rings. The van der Waals surface area contributed by atoms with Gasteiger partial charge >= 0.3 is 5.97 Å². The quantitative estimate of drug-likeness (QED) is 0.699. The van der Waals surface area contributed by atoms with Crippen LogP contribution in [0.25, 0.3) is 0 Å². The van der Waals surface area contributed by atoms with Gasteiger partial charge in [-0.15, -0.1) is 11.8 Å². The monoisotopic (exact) mass is 388 g/mol. The molecule has 1 aliphatic heterocycles. The predicted molar refractivity (Wildman–Crippen MR) is 92.6 cm³/mol. The first kappa shape index (κ1) is 17.6. The Bertz CT molecular complexity index is 528. The van der Waals surface area contributed by atoms with E-state index in [0.717, 1.165) is 28.8 Å². The van der Waals surface area contributed by atoms with Gasteiger partial charge in [0.15, 0.2) is 0 Å². The fourth-order valence-corrected chi connectivity index (χ4v) is 3.90. The lowest BCUT2D eigenvalue weighted by molar-refractivity contribution is -0.138. The highest BCUT2D eigenvalue weighted by molar-refractivity contribution is 9.10. The number of halogens is 1. The van der Waals surface area contributed by atoms with Crippen LogP contribution in [0.1, 0.15) is 17.4 Å². The molecule has 122 valence electrons. The maximum Gasteiger partial charge on any atom is 0.321 e. The summed E-state index contributed by atoms with van der Waals surface area (Å²) in [5.74, 6) is 0.607. The van der Waals surface area contributed by atoms with Gasteiger partial charge in [0.05, 0.1) is 16.5 Å². The largest absolute Gasteiger partial charge is 0.492 e. The second-order valence-electron chi connectivity index (χ2n) is 5.47. The van der Waals surface area contributed by atoms with E-state index in [-0.39, 0.29) is 5.37 Å². The fourth-order valence-electron chi connectivity index (χ4n) is 2.17. The van der Waals surface area contributed by atoms with Gasteiger partial charge in [-0.25, -0.2) is 0 Å². The minimum Gasteiger partial charge on any atom is -0.492 e. The van der Waals surface area contributed by atoms with Crippen molar-refractivity contribution in [2.75, 3.05) is 33.0 Å². The van der Waals surface area contributed by atoms with Crippen LogP contribution in [-0.2, 0) is 4.79 Å². The number of nitrogens with zero attached hydrogens (tertiary/aromatic N) is 1. The Kier molecular flexibility index (Phi) is 6.55.